The topological polar surface area (TPSA) is 93.0 Å². The highest BCUT2D eigenvalue weighted by molar-refractivity contribution is 7.99. The number of nitrogens with zero attached hydrogens (tertiary/aromatic N) is 5. The van der Waals surface area contributed by atoms with Crippen LogP contribution >= 0.6 is 11.8 Å². The number of aromatic nitrogens is 4. The Balaban J connectivity index is 1.52. The second-order valence-electron chi connectivity index (χ2n) is 7.09. The lowest BCUT2D eigenvalue weighted by atomic mass is 9.96. The zero-order chi connectivity index (χ0) is 20.6. The lowest BCUT2D eigenvalue weighted by Crippen LogP contribution is -2.30. The van der Waals surface area contributed by atoms with Gasteiger partial charge in [-0.25, -0.2) is 4.68 Å². The molecule has 1 fully saturated rings. The second-order valence-corrected chi connectivity index (χ2v) is 8.03. The van der Waals surface area contributed by atoms with Crippen molar-refractivity contribution in [3.63, 3.8) is 0 Å². The molecule has 1 aliphatic rings. The van der Waals surface area contributed by atoms with Gasteiger partial charge in [-0.05, 0) is 61.4 Å². The summed E-state index contributed by atoms with van der Waals surface area (Å²) in [7, 11) is 0. The van der Waals surface area contributed by atoms with E-state index in [9.17, 15) is 9.59 Å². The van der Waals surface area contributed by atoms with Gasteiger partial charge in [0.2, 0.25) is 11.1 Å². The average Bonchev–Trinajstić information content (AvgIpc) is 3.23. The molecule has 3 rings (SSSR count). The van der Waals surface area contributed by atoms with Crippen LogP contribution in [0.1, 0.15) is 62.4 Å². The van der Waals surface area contributed by atoms with E-state index in [0.29, 0.717) is 35.5 Å². The van der Waals surface area contributed by atoms with Crippen molar-refractivity contribution in [2.24, 2.45) is 0 Å². The fourth-order valence-electron chi connectivity index (χ4n) is 3.55. The summed E-state index contributed by atoms with van der Waals surface area (Å²) < 4.78 is 1.87. The number of hydrogen-bond donors (Lipinski definition) is 1. The van der Waals surface area contributed by atoms with Crippen LogP contribution in [0.2, 0.25) is 0 Å². The summed E-state index contributed by atoms with van der Waals surface area (Å²) in [4.78, 5) is 26.4. The number of thioether (sulfide) groups is 1. The standard InChI is InChI=1S/C20H28N6O2S/c1-3-25(4-2)19(28)15-10-12-16(13-11-15)21-18(27)14-29-20-22-23-24-26(20)17-8-6-5-7-9-17/h10-13,17H,3-9,14H2,1-2H3,(H,21,27). The summed E-state index contributed by atoms with van der Waals surface area (Å²) in [6.45, 7) is 5.26. The Labute approximate surface area is 175 Å². The molecule has 1 saturated carbocycles. The molecule has 1 aromatic carbocycles. The average molecular weight is 417 g/mol. The highest BCUT2D eigenvalue weighted by Gasteiger charge is 2.21. The van der Waals surface area contributed by atoms with Gasteiger partial charge in [0.05, 0.1) is 11.8 Å². The Hall–Kier alpha value is -2.42. The third-order valence-corrected chi connectivity index (χ3v) is 6.12. The van der Waals surface area contributed by atoms with Crippen LogP contribution in [0.3, 0.4) is 0 Å². The molecule has 0 bridgehead atoms. The summed E-state index contributed by atoms with van der Waals surface area (Å²) in [6.07, 6.45) is 5.83. The maximum Gasteiger partial charge on any atom is 0.253 e. The van der Waals surface area contributed by atoms with Crippen LogP contribution in [0.5, 0.6) is 0 Å². The number of nitrogens with one attached hydrogen (secondary N) is 1. The number of amides is 2. The van der Waals surface area contributed by atoms with E-state index < -0.39 is 0 Å². The Kier molecular flexibility index (Phi) is 7.62. The summed E-state index contributed by atoms with van der Waals surface area (Å²) >= 11 is 1.35. The molecule has 29 heavy (non-hydrogen) atoms. The maximum absolute atomic E-state index is 12.4. The van der Waals surface area contributed by atoms with Crippen LogP contribution in [-0.2, 0) is 4.79 Å². The molecule has 9 heteroatoms. The molecule has 0 spiro atoms. The van der Waals surface area contributed by atoms with Crippen LogP contribution < -0.4 is 5.32 Å². The van der Waals surface area contributed by atoms with Crippen molar-refractivity contribution in [2.45, 2.75) is 57.1 Å². The lowest BCUT2D eigenvalue weighted by Gasteiger charge is -2.21. The third-order valence-electron chi connectivity index (χ3n) is 5.18. The fraction of sp³-hybridized carbons (Fsp3) is 0.550. The number of benzene rings is 1. The first kappa shape index (κ1) is 21.3. The zero-order valence-corrected chi connectivity index (χ0v) is 17.8. The van der Waals surface area contributed by atoms with Crippen molar-refractivity contribution in [3.05, 3.63) is 29.8 Å². The van der Waals surface area contributed by atoms with Crippen LogP contribution in [0, 0.1) is 0 Å². The second kappa shape index (κ2) is 10.4. The first-order valence-electron chi connectivity index (χ1n) is 10.2. The highest BCUT2D eigenvalue weighted by Crippen LogP contribution is 2.30. The summed E-state index contributed by atoms with van der Waals surface area (Å²) in [5.74, 6) is 0.0988. The largest absolute Gasteiger partial charge is 0.339 e. The van der Waals surface area contributed by atoms with E-state index in [1.165, 1.54) is 31.0 Å². The van der Waals surface area contributed by atoms with Gasteiger partial charge in [-0.2, -0.15) is 0 Å². The van der Waals surface area contributed by atoms with Gasteiger partial charge in [0.25, 0.3) is 5.91 Å². The van der Waals surface area contributed by atoms with E-state index in [4.69, 9.17) is 0 Å². The van der Waals surface area contributed by atoms with Crippen molar-refractivity contribution in [3.8, 4) is 0 Å². The minimum atomic E-state index is -0.129. The molecule has 1 heterocycles. The number of rotatable bonds is 8. The third kappa shape index (κ3) is 5.56. The molecule has 156 valence electrons. The fourth-order valence-corrected chi connectivity index (χ4v) is 4.30. The quantitative estimate of drug-likeness (QED) is 0.663. The molecule has 1 N–H and O–H groups in total. The van der Waals surface area contributed by atoms with Gasteiger partial charge in [0.15, 0.2) is 0 Å². The molecule has 0 aliphatic heterocycles. The van der Waals surface area contributed by atoms with Gasteiger partial charge < -0.3 is 10.2 Å². The molecule has 2 aromatic rings. The lowest BCUT2D eigenvalue weighted by molar-refractivity contribution is -0.113. The van der Waals surface area contributed by atoms with Crippen LogP contribution in [0.25, 0.3) is 0 Å². The SMILES string of the molecule is CCN(CC)C(=O)c1ccc(NC(=O)CSc2nnnn2C2CCCCC2)cc1. The predicted octanol–water partition coefficient (Wildman–Crippen LogP) is 3.39. The first-order chi connectivity index (χ1) is 14.1. The van der Waals surface area contributed by atoms with Crippen molar-refractivity contribution >= 4 is 29.3 Å². The van der Waals surface area contributed by atoms with E-state index in [-0.39, 0.29) is 17.6 Å². The Bertz CT molecular complexity index is 813. The monoisotopic (exact) mass is 416 g/mol. The molecule has 0 unspecified atom stereocenters. The van der Waals surface area contributed by atoms with Crippen molar-refractivity contribution < 1.29 is 9.59 Å². The Morgan fingerprint density at radius 1 is 1.14 bits per heavy atom. The molecule has 1 aliphatic carbocycles. The minimum absolute atomic E-state index is 0.00187. The van der Waals surface area contributed by atoms with Gasteiger partial charge >= 0.3 is 0 Å². The minimum Gasteiger partial charge on any atom is -0.339 e. The molecular weight excluding hydrogens is 388 g/mol. The Morgan fingerprint density at radius 3 is 2.48 bits per heavy atom. The van der Waals surface area contributed by atoms with E-state index in [1.807, 2.05) is 18.5 Å². The number of carbonyl (C=O) groups is 2. The maximum atomic E-state index is 12.4. The molecule has 2 amide bonds. The summed E-state index contributed by atoms with van der Waals surface area (Å²) in [5.41, 5.74) is 1.28. The van der Waals surface area contributed by atoms with E-state index >= 15 is 0 Å². The molecule has 8 nitrogen and oxygen atoms in total. The van der Waals surface area contributed by atoms with Crippen LogP contribution in [0.4, 0.5) is 5.69 Å². The zero-order valence-electron chi connectivity index (χ0n) is 17.0. The summed E-state index contributed by atoms with van der Waals surface area (Å²) in [6, 6.07) is 7.33. The number of carbonyl (C=O) groups excluding carboxylic acids is 2. The van der Waals surface area contributed by atoms with Crippen molar-refractivity contribution in [1.82, 2.24) is 25.1 Å². The number of hydrogen-bond acceptors (Lipinski definition) is 6. The molecule has 0 atom stereocenters. The Morgan fingerprint density at radius 2 is 1.83 bits per heavy atom. The predicted molar refractivity (Wildman–Crippen MR) is 113 cm³/mol. The van der Waals surface area contributed by atoms with E-state index in [0.717, 1.165) is 12.8 Å². The molecular formula is C20H28N6O2S. The van der Waals surface area contributed by atoms with Crippen LogP contribution in [0.15, 0.2) is 29.4 Å². The number of tetrazole rings is 1. The van der Waals surface area contributed by atoms with Gasteiger partial charge in [0, 0.05) is 24.3 Å². The van der Waals surface area contributed by atoms with Crippen molar-refractivity contribution in [2.75, 3.05) is 24.2 Å². The van der Waals surface area contributed by atoms with Gasteiger partial charge in [-0.1, -0.05) is 31.0 Å². The molecule has 0 radical (unpaired) electrons. The normalized spacial score (nSPS) is 14.6. The molecule has 0 saturated heterocycles. The van der Waals surface area contributed by atoms with Gasteiger partial charge in [0.1, 0.15) is 0 Å². The smallest absolute Gasteiger partial charge is 0.253 e. The summed E-state index contributed by atoms with van der Waals surface area (Å²) in [5, 5.41) is 15.5. The van der Waals surface area contributed by atoms with Gasteiger partial charge in [-0.3, -0.25) is 9.59 Å². The number of anilines is 1. The highest BCUT2D eigenvalue weighted by atomic mass is 32.2. The molecule has 1 aromatic heterocycles. The van der Waals surface area contributed by atoms with Crippen molar-refractivity contribution in [1.29, 1.82) is 0 Å². The van der Waals surface area contributed by atoms with Gasteiger partial charge in [-0.15, -0.1) is 5.10 Å². The first-order valence-corrected chi connectivity index (χ1v) is 11.2. The van der Waals surface area contributed by atoms with E-state index in [2.05, 4.69) is 20.8 Å². The van der Waals surface area contributed by atoms with E-state index in [1.54, 1.807) is 29.2 Å². The van der Waals surface area contributed by atoms with Crippen LogP contribution in [-0.4, -0.2) is 55.8 Å².